The van der Waals surface area contributed by atoms with Crippen LogP contribution in [-0.2, 0) is 4.74 Å². The van der Waals surface area contributed by atoms with Crippen LogP contribution in [0.5, 0.6) is 0 Å². The average Bonchev–Trinajstić information content (AvgIpc) is 2.98. The summed E-state index contributed by atoms with van der Waals surface area (Å²) in [4.78, 5) is 2.46. The number of hydrogen-bond acceptors (Lipinski definition) is 4. The second-order valence-electron chi connectivity index (χ2n) is 5.71. The Labute approximate surface area is 124 Å². The third kappa shape index (κ3) is 5.40. The van der Waals surface area contributed by atoms with Gasteiger partial charge in [0.25, 0.3) is 0 Å². The van der Waals surface area contributed by atoms with E-state index in [1.54, 1.807) is 0 Å². The largest absolute Gasteiger partial charge is 0.377 e. The first-order chi connectivity index (χ1) is 9.69. The zero-order chi connectivity index (χ0) is 14.8. The maximum Gasteiger partial charge on any atom is 0.106 e. The molecule has 1 saturated heterocycles. The first kappa shape index (κ1) is 17.4. The normalized spacial score (nSPS) is 21.9. The third-order valence-electron chi connectivity index (χ3n) is 4.34. The molecule has 1 aliphatic heterocycles. The van der Waals surface area contributed by atoms with Crippen molar-refractivity contribution in [3.05, 3.63) is 0 Å². The van der Waals surface area contributed by atoms with Crippen LogP contribution in [0, 0.1) is 11.3 Å². The van der Waals surface area contributed by atoms with Crippen molar-refractivity contribution in [2.45, 2.75) is 64.5 Å². The van der Waals surface area contributed by atoms with E-state index in [1.807, 2.05) is 0 Å². The second kappa shape index (κ2) is 9.33. The van der Waals surface area contributed by atoms with Gasteiger partial charge in [-0.25, -0.2) is 0 Å². The lowest BCUT2D eigenvalue weighted by molar-refractivity contribution is 0.0737. The molecule has 1 heterocycles. The second-order valence-corrected chi connectivity index (χ2v) is 5.71. The Bertz CT molecular complexity index is 297. The fourth-order valence-corrected chi connectivity index (χ4v) is 2.96. The van der Waals surface area contributed by atoms with E-state index in [-0.39, 0.29) is 5.54 Å². The molecule has 0 spiro atoms. The van der Waals surface area contributed by atoms with E-state index in [2.05, 4.69) is 37.1 Å². The molecule has 4 heteroatoms. The Hall–Kier alpha value is -0.630. The van der Waals surface area contributed by atoms with Crippen LogP contribution in [0.3, 0.4) is 0 Å². The number of nitrogens with one attached hydrogen (secondary N) is 1. The highest BCUT2D eigenvalue weighted by atomic mass is 16.5. The van der Waals surface area contributed by atoms with E-state index >= 15 is 0 Å². The van der Waals surface area contributed by atoms with Gasteiger partial charge in [0.1, 0.15) is 5.54 Å². The number of rotatable bonds is 10. The summed E-state index contributed by atoms with van der Waals surface area (Å²) in [6, 6.07) is 2.48. The minimum atomic E-state index is -0.335. The molecule has 2 atom stereocenters. The maximum absolute atomic E-state index is 9.41. The van der Waals surface area contributed by atoms with Gasteiger partial charge in [0.05, 0.1) is 12.2 Å². The fourth-order valence-electron chi connectivity index (χ4n) is 2.96. The minimum absolute atomic E-state index is 0.335. The molecule has 0 saturated carbocycles. The quantitative estimate of drug-likeness (QED) is 0.668. The van der Waals surface area contributed by atoms with Crippen LogP contribution >= 0.6 is 0 Å². The van der Waals surface area contributed by atoms with Gasteiger partial charge in [-0.2, -0.15) is 5.26 Å². The predicted molar refractivity (Wildman–Crippen MR) is 82.6 cm³/mol. The highest BCUT2D eigenvalue weighted by molar-refractivity contribution is 5.06. The summed E-state index contributed by atoms with van der Waals surface area (Å²) in [5, 5.41) is 12.8. The van der Waals surface area contributed by atoms with Crippen LogP contribution in [0.4, 0.5) is 0 Å². The molecule has 0 aromatic rings. The standard InChI is InChI=1S/C16H31N3O/c1-4-16(14-17,18-5-2)10-8-11-19(6-3)13-15-9-7-12-20-15/h15,18H,4-13H2,1-3H3. The van der Waals surface area contributed by atoms with E-state index < -0.39 is 0 Å². The Morgan fingerprint density at radius 3 is 2.70 bits per heavy atom. The van der Waals surface area contributed by atoms with Crippen LogP contribution in [0.1, 0.15) is 52.9 Å². The summed E-state index contributed by atoms with van der Waals surface area (Å²) in [5.74, 6) is 0. The van der Waals surface area contributed by atoms with E-state index in [0.29, 0.717) is 6.10 Å². The molecular weight excluding hydrogens is 250 g/mol. The van der Waals surface area contributed by atoms with Crippen molar-refractivity contribution in [2.24, 2.45) is 0 Å². The van der Waals surface area contributed by atoms with E-state index in [0.717, 1.165) is 52.0 Å². The zero-order valence-electron chi connectivity index (χ0n) is 13.5. The molecule has 4 nitrogen and oxygen atoms in total. The van der Waals surface area contributed by atoms with Crippen LogP contribution < -0.4 is 5.32 Å². The molecule has 116 valence electrons. The van der Waals surface area contributed by atoms with Crippen molar-refractivity contribution in [3.63, 3.8) is 0 Å². The van der Waals surface area contributed by atoms with Crippen LogP contribution in [0.2, 0.25) is 0 Å². The van der Waals surface area contributed by atoms with E-state index in [1.165, 1.54) is 12.8 Å². The third-order valence-corrected chi connectivity index (χ3v) is 4.34. The summed E-state index contributed by atoms with van der Waals surface area (Å²) in [5.41, 5.74) is -0.335. The summed E-state index contributed by atoms with van der Waals surface area (Å²) in [6.45, 7) is 11.3. The topological polar surface area (TPSA) is 48.3 Å². The molecule has 20 heavy (non-hydrogen) atoms. The maximum atomic E-state index is 9.41. The smallest absolute Gasteiger partial charge is 0.106 e. The molecule has 0 bridgehead atoms. The van der Waals surface area contributed by atoms with Crippen LogP contribution in [0.15, 0.2) is 0 Å². The van der Waals surface area contributed by atoms with Gasteiger partial charge in [0.15, 0.2) is 0 Å². The Morgan fingerprint density at radius 1 is 1.40 bits per heavy atom. The Kier molecular flexibility index (Phi) is 8.13. The summed E-state index contributed by atoms with van der Waals surface area (Å²) in [7, 11) is 0. The Morgan fingerprint density at radius 2 is 2.20 bits per heavy atom. The van der Waals surface area contributed by atoms with Crippen LogP contribution in [-0.4, -0.2) is 49.3 Å². The number of nitrogens with zero attached hydrogens (tertiary/aromatic N) is 2. The van der Waals surface area contributed by atoms with Crippen molar-refractivity contribution in [1.29, 1.82) is 5.26 Å². The van der Waals surface area contributed by atoms with Gasteiger partial charge in [0, 0.05) is 13.2 Å². The minimum Gasteiger partial charge on any atom is -0.377 e. The van der Waals surface area contributed by atoms with Gasteiger partial charge >= 0.3 is 0 Å². The summed E-state index contributed by atoms with van der Waals surface area (Å²) in [6.07, 6.45) is 5.69. The van der Waals surface area contributed by atoms with Crippen molar-refractivity contribution >= 4 is 0 Å². The SMILES string of the molecule is CCNC(C#N)(CC)CCCN(CC)CC1CCCO1. The summed E-state index contributed by atoms with van der Waals surface area (Å²) >= 11 is 0. The van der Waals surface area contributed by atoms with Crippen molar-refractivity contribution in [1.82, 2.24) is 10.2 Å². The molecule has 1 aliphatic rings. The number of ether oxygens (including phenoxy) is 1. The molecule has 0 aromatic heterocycles. The summed E-state index contributed by atoms with van der Waals surface area (Å²) < 4.78 is 5.71. The van der Waals surface area contributed by atoms with Gasteiger partial charge in [-0.05, 0) is 51.7 Å². The molecule has 1 rings (SSSR count). The van der Waals surface area contributed by atoms with Crippen molar-refractivity contribution in [3.8, 4) is 6.07 Å². The van der Waals surface area contributed by atoms with E-state index in [4.69, 9.17) is 4.74 Å². The fraction of sp³-hybridized carbons (Fsp3) is 0.938. The lowest BCUT2D eigenvalue weighted by Crippen LogP contribution is -2.44. The molecule has 0 aromatic carbocycles. The van der Waals surface area contributed by atoms with Gasteiger partial charge in [0.2, 0.25) is 0 Å². The lowest BCUT2D eigenvalue weighted by Gasteiger charge is -2.28. The zero-order valence-corrected chi connectivity index (χ0v) is 13.5. The van der Waals surface area contributed by atoms with Gasteiger partial charge in [-0.3, -0.25) is 5.32 Å². The Balaban J connectivity index is 2.33. The molecule has 1 N–H and O–H groups in total. The first-order valence-corrected chi connectivity index (χ1v) is 8.20. The first-order valence-electron chi connectivity index (χ1n) is 8.20. The number of likely N-dealkylation sites (N-methyl/N-ethyl adjacent to an activating group) is 1. The number of nitriles is 1. The van der Waals surface area contributed by atoms with Crippen molar-refractivity contribution in [2.75, 3.05) is 32.8 Å². The highest BCUT2D eigenvalue weighted by Gasteiger charge is 2.26. The average molecular weight is 281 g/mol. The lowest BCUT2D eigenvalue weighted by atomic mass is 9.92. The molecule has 0 radical (unpaired) electrons. The molecule has 2 unspecified atom stereocenters. The number of hydrogen-bond donors (Lipinski definition) is 1. The van der Waals surface area contributed by atoms with E-state index in [9.17, 15) is 5.26 Å². The molecular formula is C16H31N3O. The van der Waals surface area contributed by atoms with Crippen molar-refractivity contribution < 1.29 is 4.74 Å². The monoisotopic (exact) mass is 281 g/mol. The molecule has 0 aliphatic carbocycles. The highest BCUT2D eigenvalue weighted by Crippen LogP contribution is 2.18. The molecule has 0 amide bonds. The molecule has 1 fully saturated rings. The van der Waals surface area contributed by atoms with Gasteiger partial charge < -0.3 is 9.64 Å². The van der Waals surface area contributed by atoms with Gasteiger partial charge in [-0.15, -0.1) is 0 Å². The van der Waals surface area contributed by atoms with Crippen LogP contribution in [0.25, 0.3) is 0 Å². The van der Waals surface area contributed by atoms with Gasteiger partial charge in [-0.1, -0.05) is 20.8 Å². The predicted octanol–water partition coefficient (Wildman–Crippen LogP) is 2.55.